The van der Waals surface area contributed by atoms with Gasteiger partial charge in [-0.1, -0.05) is 19.1 Å². The van der Waals surface area contributed by atoms with E-state index in [1.54, 1.807) is 6.07 Å². The fraction of sp³-hybridized carbons (Fsp3) is 0.538. The molecule has 0 bridgehead atoms. The highest BCUT2D eigenvalue weighted by Gasteiger charge is 2.18. The highest BCUT2D eigenvalue weighted by Crippen LogP contribution is 2.21. The van der Waals surface area contributed by atoms with Gasteiger partial charge in [-0.3, -0.25) is 15.0 Å². The zero-order valence-corrected chi connectivity index (χ0v) is 11.3. The predicted octanol–water partition coefficient (Wildman–Crippen LogP) is 2.59. The smallest absolute Gasteiger partial charge is 0.305 e. The predicted molar refractivity (Wildman–Crippen MR) is 70.5 cm³/mol. The monoisotopic (exact) mass is 270 g/mol. The molecule has 6 heteroatoms. The average Bonchev–Trinajstić information content (AvgIpc) is 2.39. The maximum absolute atomic E-state index is 13.9. The third-order valence-electron chi connectivity index (χ3n) is 2.85. The minimum absolute atomic E-state index is 0.340. The van der Waals surface area contributed by atoms with Crippen LogP contribution in [0.2, 0.25) is 0 Å². The molecule has 19 heavy (non-hydrogen) atoms. The van der Waals surface area contributed by atoms with Gasteiger partial charge in [0.15, 0.2) is 0 Å². The van der Waals surface area contributed by atoms with Crippen LogP contribution in [0.25, 0.3) is 0 Å². The quantitative estimate of drug-likeness (QED) is 0.414. The first-order chi connectivity index (χ1) is 9.10. The van der Waals surface area contributed by atoms with Gasteiger partial charge in [-0.15, -0.1) is 0 Å². The van der Waals surface area contributed by atoms with E-state index in [0.29, 0.717) is 31.9 Å². The third-order valence-corrected chi connectivity index (χ3v) is 2.85. The molecule has 0 N–H and O–H groups in total. The van der Waals surface area contributed by atoms with Crippen LogP contribution >= 0.6 is 0 Å². The van der Waals surface area contributed by atoms with E-state index in [4.69, 9.17) is 4.74 Å². The molecule has 0 saturated heterocycles. The van der Waals surface area contributed by atoms with Crippen molar-refractivity contribution in [1.29, 1.82) is 0 Å². The average molecular weight is 270 g/mol. The summed E-state index contributed by atoms with van der Waals surface area (Å²) in [5.41, 5.74) is -0.133. The second kappa shape index (κ2) is 7.81. The van der Waals surface area contributed by atoms with Crippen LogP contribution in [0.1, 0.15) is 19.4 Å². The molecule has 1 rings (SSSR count). The Balaban J connectivity index is 2.74. The minimum Gasteiger partial charge on any atom is -0.380 e. The second-order valence-electron chi connectivity index (χ2n) is 4.07. The van der Waals surface area contributed by atoms with E-state index in [1.165, 1.54) is 12.1 Å². The molecule has 5 nitrogen and oxygen atoms in total. The molecule has 0 fully saturated rings. The number of hydrogen-bond acceptors (Lipinski definition) is 4. The maximum Gasteiger partial charge on any atom is 0.305 e. The summed E-state index contributed by atoms with van der Waals surface area (Å²) in [6, 6.07) is 4.26. The normalized spacial score (nSPS) is 10.9. The van der Waals surface area contributed by atoms with Gasteiger partial charge in [0, 0.05) is 31.3 Å². The van der Waals surface area contributed by atoms with Gasteiger partial charge in [0.25, 0.3) is 0 Å². The highest BCUT2D eigenvalue weighted by molar-refractivity contribution is 5.36. The van der Waals surface area contributed by atoms with Gasteiger partial charge in [0.1, 0.15) is 0 Å². The highest BCUT2D eigenvalue weighted by atomic mass is 19.1. The van der Waals surface area contributed by atoms with Crippen LogP contribution in [-0.4, -0.2) is 36.1 Å². The Morgan fingerprint density at radius 2 is 2.16 bits per heavy atom. The lowest BCUT2D eigenvalue weighted by atomic mass is 10.1. The van der Waals surface area contributed by atoms with Crippen LogP contribution in [-0.2, 0) is 11.3 Å². The van der Waals surface area contributed by atoms with Crippen molar-refractivity contribution in [3.63, 3.8) is 0 Å². The Morgan fingerprint density at radius 3 is 2.74 bits per heavy atom. The summed E-state index contributed by atoms with van der Waals surface area (Å²) in [6.45, 7) is 6.83. The first kappa shape index (κ1) is 15.5. The molecule has 1 aromatic carbocycles. The molecule has 1 aromatic rings. The molecule has 0 aliphatic carbocycles. The number of nitrogens with zero attached hydrogens (tertiary/aromatic N) is 2. The lowest BCUT2D eigenvalue weighted by molar-refractivity contribution is -0.387. The maximum atomic E-state index is 13.9. The summed E-state index contributed by atoms with van der Waals surface area (Å²) >= 11 is 0. The Kier molecular flexibility index (Phi) is 6.38. The molecular formula is C13H19FN2O3. The molecule has 0 aliphatic rings. The molecule has 0 heterocycles. The van der Waals surface area contributed by atoms with Gasteiger partial charge >= 0.3 is 5.69 Å². The van der Waals surface area contributed by atoms with E-state index in [0.717, 1.165) is 6.54 Å². The third kappa shape index (κ3) is 4.57. The van der Waals surface area contributed by atoms with Gasteiger partial charge in [-0.25, -0.2) is 0 Å². The summed E-state index contributed by atoms with van der Waals surface area (Å²) in [7, 11) is 0. The first-order valence-corrected chi connectivity index (χ1v) is 6.32. The molecule has 0 spiro atoms. The van der Waals surface area contributed by atoms with Gasteiger partial charge < -0.3 is 4.74 Å². The number of nitro groups is 1. The van der Waals surface area contributed by atoms with Gasteiger partial charge in [-0.2, -0.15) is 4.39 Å². The molecule has 106 valence electrons. The Hall–Kier alpha value is -1.53. The number of rotatable bonds is 8. The van der Waals surface area contributed by atoms with E-state index in [-0.39, 0.29) is 0 Å². The van der Waals surface area contributed by atoms with Crippen molar-refractivity contribution in [3.05, 3.63) is 39.7 Å². The van der Waals surface area contributed by atoms with Crippen LogP contribution in [0.5, 0.6) is 0 Å². The van der Waals surface area contributed by atoms with E-state index >= 15 is 0 Å². The van der Waals surface area contributed by atoms with Crippen molar-refractivity contribution in [1.82, 2.24) is 4.90 Å². The Labute approximate surface area is 112 Å². The van der Waals surface area contributed by atoms with Gasteiger partial charge in [-0.05, 0) is 13.5 Å². The molecule has 0 aliphatic heterocycles. The molecule has 0 radical (unpaired) electrons. The van der Waals surface area contributed by atoms with Crippen LogP contribution in [0.3, 0.4) is 0 Å². The largest absolute Gasteiger partial charge is 0.380 e. The van der Waals surface area contributed by atoms with Crippen LogP contribution in [0.15, 0.2) is 18.2 Å². The zero-order valence-electron chi connectivity index (χ0n) is 11.3. The summed E-state index contributed by atoms with van der Waals surface area (Å²) in [5, 5.41) is 10.7. The molecule has 0 aromatic heterocycles. The second-order valence-corrected chi connectivity index (χ2v) is 4.07. The van der Waals surface area contributed by atoms with Crippen molar-refractivity contribution in [3.8, 4) is 0 Å². The van der Waals surface area contributed by atoms with Crippen molar-refractivity contribution >= 4 is 5.69 Å². The molecular weight excluding hydrogens is 251 g/mol. The van der Waals surface area contributed by atoms with E-state index in [9.17, 15) is 14.5 Å². The SMILES string of the molecule is CCOCCN(CC)Cc1cccc([N+](=O)[O-])c1F. The molecule has 0 saturated carbocycles. The van der Waals surface area contributed by atoms with Crippen LogP contribution < -0.4 is 0 Å². The minimum atomic E-state index is -0.748. The topological polar surface area (TPSA) is 55.6 Å². The number of halogens is 1. The summed E-state index contributed by atoms with van der Waals surface area (Å²) in [4.78, 5) is 12.0. The lowest BCUT2D eigenvalue weighted by Gasteiger charge is -2.20. The number of ether oxygens (including phenoxy) is 1. The van der Waals surface area contributed by atoms with Crippen molar-refractivity contribution in [2.24, 2.45) is 0 Å². The summed E-state index contributed by atoms with van der Waals surface area (Å²) < 4.78 is 19.2. The Morgan fingerprint density at radius 1 is 1.42 bits per heavy atom. The molecule has 0 atom stereocenters. The number of benzene rings is 1. The van der Waals surface area contributed by atoms with Crippen molar-refractivity contribution in [2.75, 3.05) is 26.3 Å². The van der Waals surface area contributed by atoms with Crippen molar-refractivity contribution < 1.29 is 14.1 Å². The van der Waals surface area contributed by atoms with E-state index in [1.807, 2.05) is 18.7 Å². The van der Waals surface area contributed by atoms with Crippen LogP contribution in [0, 0.1) is 15.9 Å². The number of likely N-dealkylation sites (N-methyl/N-ethyl adjacent to an activating group) is 1. The fourth-order valence-corrected chi connectivity index (χ4v) is 1.76. The fourth-order valence-electron chi connectivity index (χ4n) is 1.76. The summed E-state index contributed by atoms with van der Waals surface area (Å²) in [5.74, 6) is -0.748. The first-order valence-electron chi connectivity index (χ1n) is 6.32. The zero-order chi connectivity index (χ0) is 14.3. The molecule has 0 amide bonds. The van der Waals surface area contributed by atoms with Gasteiger partial charge in [0.05, 0.1) is 11.5 Å². The Bertz CT molecular complexity index is 426. The molecule has 0 unspecified atom stereocenters. The van der Waals surface area contributed by atoms with E-state index in [2.05, 4.69) is 0 Å². The number of hydrogen-bond donors (Lipinski definition) is 0. The van der Waals surface area contributed by atoms with Gasteiger partial charge in [0.2, 0.25) is 5.82 Å². The lowest BCUT2D eigenvalue weighted by Crippen LogP contribution is -2.27. The standard InChI is InChI=1S/C13H19FN2O3/c1-3-15(8-9-19-4-2)10-11-6-5-7-12(13(11)14)16(17)18/h5-7H,3-4,8-10H2,1-2H3. The van der Waals surface area contributed by atoms with Crippen LogP contribution in [0.4, 0.5) is 10.1 Å². The number of nitro benzene ring substituents is 1. The van der Waals surface area contributed by atoms with Crippen molar-refractivity contribution in [2.45, 2.75) is 20.4 Å². The van der Waals surface area contributed by atoms with E-state index < -0.39 is 16.4 Å². The summed E-state index contributed by atoms with van der Waals surface area (Å²) in [6.07, 6.45) is 0.